The quantitative estimate of drug-likeness (QED) is 0.728. The zero-order valence-corrected chi connectivity index (χ0v) is 12.7. The minimum absolute atomic E-state index is 0.0464. The van der Waals surface area contributed by atoms with E-state index in [1.807, 2.05) is 6.92 Å². The van der Waals surface area contributed by atoms with Gasteiger partial charge in [0.15, 0.2) is 5.65 Å². The number of hydrogen-bond acceptors (Lipinski definition) is 8. The molecule has 0 amide bonds. The lowest BCUT2D eigenvalue weighted by Crippen LogP contribution is -2.26. The molecule has 0 aromatic carbocycles. The second kappa shape index (κ2) is 5.44. The third-order valence-electron chi connectivity index (χ3n) is 3.21. The van der Waals surface area contributed by atoms with Crippen molar-refractivity contribution in [2.24, 2.45) is 0 Å². The first-order valence-electron chi connectivity index (χ1n) is 6.37. The number of aliphatic hydroxyl groups is 1. The second-order valence-corrected chi connectivity index (χ2v) is 6.70. The lowest BCUT2D eigenvalue weighted by molar-refractivity contribution is -0.0381. The summed E-state index contributed by atoms with van der Waals surface area (Å²) in [5.41, 5.74) is 4.94. The molecule has 8 nitrogen and oxygen atoms in total. The van der Waals surface area contributed by atoms with E-state index in [4.69, 9.17) is 10.5 Å². The minimum Gasteiger partial charge on any atom is -0.390 e. The van der Waals surface area contributed by atoms with Crippen LogP contribution in [0.3, 0.4) is 0 Å². The first-order chi connectivity index (χ1) is 10.0. The molecule has 3 atom stereocenters. The van der Waals surface area contributed by atoms with Crippen molar-refractivity contribution in [3.8, 4) is 0 Å². The van der Waals surface area contributed by atoms with Crippen molar-refractivity contribution in [1.29, 1.82) is 0 Å². The van der Waals surface area contributed by atoms with Gasteiger partial charge in [-0.25, -0.2) is 0 Å². The number of H-pyrrole nitrogens is 1. The molecule has 4 N–H and O–H groups in total. The fourth-order valence-corrected chi connectivity index (χ4v) is 4.20. The Morgan fingerprint density at radius 1 is 1.62 bits per heavy atom. The molecule has 0 radical (unpaired) electrons. The highest BCUT2D eigenvalue weighted by atomic mass is 32.2. The Balaban J connectivity index is 2.04. The van der Waals surface area contributed by atoms with Crippen molar-refractivity contribution in [2.45, 2.75) is 31.1 Å². The topological polar surface area (TPSA) is 123 Å². The summed E-state index contributed by atoms with van der Waals surface area (Å²) in [7, 11) is 0. The van der Waals surface area contributed by atoms with E-state index >= 15 is 0 Å². The summed E-state index contributed by atoms with van der Waals surface area (Å²) >= 11 is 2.24. The van der Waals surface area contributed by atoms with Crippen molar-refractivity contribution in [3.63, 3.8) is 0 Å². The summed E-state index contributed by atoms with van der Waals surface area (Å²) < 4.78 is 7.28. The zero-order chi connectivity index (χ0) is 15.1. The number of nitrogens with two attached hydrogens (primary N) is 1. The first kappa shape index (κ1) is 14.6. The molecule has 1 fully saturated rings. The highest BCUT2D eigenvalue weighted by Crippen LogP contribution is 2.35. The molecule has 10 heteroatoms. The van der Waals surface area contributed by atoms with Gasteiger partial charge in [-0.3, -0.25) is 19.1 Å². The van der Waals surface area contributed by atoms with Crippen LogP contribution in [0, 0.1) is 0 Å². The molecule has 0 saturated carbocycles. The highest BCUT2D eigenvalue weighted by molar-refractivity contribution is 8.00. The molecular formula is C11H14N4O4S2. The van der Waals surface area contributed by atoms with Crippen LogP contribution in [0.2, 0.25) is 0 Å². The fraction of sp³-hybridized carbons (Fsp3) is 0.545. The maximum atomic E-state index is 12.1. The van der Waals surface area contributed by atoms with Gasteiger partial charge < -0.3 is 15.6 Å². The Bertz CT molecular complexity index is 783. The molecule has 1 saturated heterocycles. The molecule has 1 aliphatic heterocycles. The average molecular weight is 330 g/mol. The maximum absolute atomic E-state index is 12.1. The van der Waals surface area contributed by atoms with E-state index in [9.17, 15) is 14.7 Å². The van der Waals surface area contributed by atoms with Gasteiger partial charge in [-0.05, 0) is 6.42 Å². The van der Waals surface area contributed by atoms with Crippen molar-refractivity contribution in [1.82, 2.24) is 14.5 Å². The number of ether oxygens (including phenoxy) is 1. The average Bonchev–Trinajstić information content (AvgIpc) is 3.02. The van der Waals surface area contributed by atoms with Crippen LogP contribution in [0.1, 0.15) is 19.6 Å². The molecule has 1 unspecified atom stereocenters. The molecule has 2 aromatic rings. The van der Waals surface area contributed by atoms with Crippen LogP contribution < -0.4 is 16.2 Å². The highest BCUT2D eigenvalue weighted by Gasteiger charge is 2.34. The van der Waals surface area contributed by atoms with Gasteiger partial charge in [0.25, 0.3) is 5.56 Å². The molecule has 114 valence electrons. The van der Waals surface area contributed by atoms with Gasteiger partial charge in [0.1, 0.15) is 16.4 Å². The van der Waals surface area contributed by atoms with E-state index in [0.717, 1.165) is 11.3 Å². The van der Waals surface area contributed by atoms with Crippen molar-refractivity contribution in [3.05, 3.63) is 20.0 Å². The van der Waals surface area contributed by atoms with Crippen LogP contribution in [-0.4, -0.2) is 36.9 Å². The lowest BCUT2D eigenvalue weighted by Gasteiger charge is -2.17. The van der Waals surface area contributed by atoms with Gasteiger partial charge in [-0.2, -0.15) is 4.98 Å². The number of thioether (sulfide) groups is 1. The molecule has 3 rings (SSSR count). The summed E-state index contributed by atoms with van der Waals surface area (Å²) in [5.74, 6) is 0.455. The lowest BCUT2D eigenvalue weighted by atomic mass is 10.3. The summed E-state index contributed by atoms with van der Waals surface area (Å²) in [6, 6.07) is 0. The normalized spacial score (nSPS) is 23.7. The molecule has 3 heterocycles. The maximum Gasteiger partial charge on any atom is 0.311 e. The summed E-state index contributed by atoms with van der Waals surface area (Å²) in [4.78, 5) is 30.0. The van der Waals surface area contributed by atoms with Crippen molar-refractivity contribution < 1.29 is 9.84 Å². The number of anilines is 1. The predicted molar refractivity (Wildman–Crippen MR) is 81.6 cm³/mol. The van der Waals surface area contributed by atoms with Gasteiger partial charge in [-0.1, -0.05) is 18.3 Å². The summed E-state index contributed by atoms with van der Waals surface area (Å²) in [5, 5.41) is 9.82. The first-order valence-corrected chi connectivity index (χ1v) is 8.23. The Hall–Kier alpha value is -1.36. The van der Waals surface area contributed by atoms with Gasteiger partial charge in [0.2, 0.25) is 5.95 Å². The molecule has 1 aliphatic rings. The van der Waals surface area contributed by atoms with Crippen LogP contribution in [0.5, 0.6) is 0 Å². The Morgan fingerprint density at radius 3 is 3.10 bits per heavy atom. The third kappa shape index (κ3) is 2.48. The van der Waals surface area contributed by atoms with Crippen molar-refractivity contribution >= 4 is 39.4 Å². The van der Waals surface area contributed by atoms with E-state index < -0.39 is 17.9 Å². The van der Waals surface area contributed by atoms with Crippen LogP contribution in [0.4, 0.5) is 5.95 Å². The number of aliphatic hydroxyl groups excluding tert-OH is 1. The number of nitrogens with zero attached hydrogens (tertiary/aromatic N) is 2. The monoisotopic (exact) mass is 330 g/mol. The van der Waals surface area contributed by atoms with Crippen LogP contribution in [0.15, 0.2) is 9.59 Å². The number of hydrogen-bond donors (Lipinski definition) is 3. The van der Waals surface area contributed by atoms with Crippen LogP contribution in [-0.2, 0) is 4.74 Å². The number of fused-ring (bicyclic) bond motifs is 1. The number of aromatic amines is 1. The number of nitrogens with one attached hydrogen (secondary N) is 1. The summed E-state index contributed by atoms with van der Waals surface area (Å²) in [6.07, 6.45) is -0.590. The number of thiazole rings is 1. The smallest absolute Gasteiger partial charge is 0.311 e. The van der Waals surface area contributed by atoms with E-state index in [1.54, 1.807) is 0 Å². The number of rotatable bonds is 3. The standard InChI is InChI=1S/C11H14N4O4S2/c1-2-4(16)9-19-5(3-20-9)15-7-6(21-11(15)18)8(17)14-10(12)13-7/h4-5,9,16H,2-3H2,1H3,(H3,12,13,14,17)/t4?,5-,9+/m1/s1. The van der Waals surface area contributed by atoms with Gasteiger partial charge in [-0.15, -0.1) is 11.8 Å². The minimum atomic E-state index is -0.595. The molecule has 2 aromatic heterocycles. The second-order valence-electron chi connectivity index (χ2n) is 4.61. The molecule has 0 spiro atoms. The SMILES string of the molecule is CCC(O)[C@H]1O[C@@H](n2c(=O)sc3c(=O)[nH]c(N)nc32)CS1. The Kier molecular flexibility index (Phi) is 3.78. The Labute approximate surface area is 126 Å². The van der Waals surface area contributed by atoms with Gasteiger partial charge in [0, 0.05) is 5.75 Å². The van der Waals surface area contributed by atoms with Gasteiger partial charge >= 0.3 is 4.87 Å². The van der Waals surface area contributed by atoms with E-state index in [0.29, 0.717) is 12.2 Å². The molecular weight excluding hydrogens is 316 g/mol. The molecule has 0 aliphatic carbocycles. The Morgan fingerprint density at radius 2 is 2.38 bits per heavy atom. The fourth-order valence-electron chi connectivity index (χ4n) is 2.14. The molecule has 21 heavy (non-hydrogen) atoms. The van der Waals surface area contributed by atoms with Gasteiger partial charge in [0.05, 0.1) is 6.10 Å². The third-order valence-corrected chi connectivity index (χ3v) is 5.38. The van der Waals surface area contributed by atoms with E-state index in [1.165, 1.54) is 16.3 Å². The van der Waals surface area contributed by atoms with Crippen LogP contribution in [0.25, 0.3) is 10.3 Å². The largest absolute Gasteiger partial charge is 0.390 e. The zero-order valence-electron chi connectivity index (χ0n) is 11.1. The van der Waals surface area contributed by atoms with Crippen molar-refractivity contribution in [2.75, 3.05) is 11.5 Å². The molecule has 0 bridgehead atoms. The predicted octanol–water partition coefficient (Wildman–Crippen LogP) is 0.0875. The van der Waals surface area contributed by atoms with E-state index in [2.05, 4.69) is 9.97 Å². The van der Waals surface area contributed by atoms with E-state index in [-0.39, 0.29) is 26.6 Å². The number of nitrogen functional groups attached to an aromatic ring is 1. The summed E-state index contributed by atoms with van der Waals surface area (Å²) in [6.45, 7) is 1.86. The number of aromatic nitrogens is 3. The van der Waals surface area contributed by atoms with Crippen LogP contribution >= 0.6 is 23.1 Å².